The lowest BCUT2D eigenvalue weighted by atomic mass is 10.2. The number of carbonyl (C=O) groups excluding carboxylic acids is 1. The Morgan fingerprint density at radius 2 is 2.32 bits per heavy atom. The van der Waals surface area contributed by atoms with E-state index in [9.17, 15) is 14.9 Å². The van der Waals surface area contributed by atoms with Crippen molar-refractivity contribution < 1.29 is 9.72 Å². The van der Waals surface area contributed by atoms with Gasteiger partial charge >= 0.3 is 0 Å². The highest BCUT2D eigenvalue weighted by molar-refractivity contribution is 6.31. The molecule has 122 valence electrons. The molecule has 22 heavy (non-hydrogen) atoms. The highest BCUT2D eigenvalue weighted by atomic mass is 35.5. The van der Waals surface area contributed by atoms with Gasteiger partial charge in [-0.15, -0.1) is 12.4 Å². The summed E-state index contributed by atoms with van der Waals surface area (Å²) in [5.41, 5.74) is -0.0404. The first kappa shape index (κ1) is 18.6. The third-order valence-electron chi connectivity index (χ3n) is 3.42. The molecule has 1 fully saturated rings. The van der Waals surface area contributed by atoms with Crippen molar-refractivity contribution in [3.8, 4) is 0 Å². The Bertz CT molecular complexity index is 556. The number of hydrogen-bond donors (Lipinski definition) is 2. The number of piperazine rings is 1. The molecule has 1 aromatic carbocycles. The van der Waals surface area contributed by atoms with Crippen LogP contribution in [-0.4, -0.2) is 48.0 Å². The summed E-state index contributed by atoms with van der Waals surface area (Å²) in [6.45, 7) is 4.68. The number of halogens is 2. The van der Waals surface area contributed by atoms with E-state index in [1.54, 1.807) is 0 Å². The molecular weight excluding hydrogens is 331 g/mol. The maximum Gasteiger partial charge on any atom is 0.294 e. The molecule has 1 atom stereocenters. The standard InChI is InChI=1S/C13H17ClN4O3.ClH/c1-9-7-15-4-5-17(9)8-13(19)16-11-3-2-10(14)6-12(11)18(20)21;/h2-3,6,9,15H,4-5,7-8H2,1H3,(H,16,19);1H/t9-;/m1./s1. The summed E-state index contributed by atoms with van der Waals surface area (Å²) in [7, 11) is 0. The van der Waals surface area contributed by atoms with Crippen molar-refractivity contribution in [3.63, 3.8) is 0 Å². The SMILES string of the molecule is C[C@@H]1CNCCN1CC(=O)Nc1ccc(Cl)cc1[N+](=O)[O-].Cl. The van der Waals surface area contributed by atoms with Crippen LogP contribution in [0.4, 0.5) is 11.4 Å². The summed E-state index contributed by atoms with van der Waals surface area (Å²) >= 11 is 5.74. The maximum absolute atomic E-state index is 12.1. The Morgan fingerprint density at radius 3 is 2.95 bits per heavy atom. The molecule has 2 rings (SSSR count). The highest BCUT2D eigenvalue weighted by Gasteiger charge is 2.22. The normalized spacial score (nSPS) is 18.4. The summed E-state index contributed by atoms with van der Waals surface area (Å²) in [4.78, 5) is 24.5. The lowest BCUT2D eigenvalue weighted by Gasteiger charge is -2.33. The molecule has 7 nitrogen and oxygen atoms in total. The topological polar surface area (TPSA) is 87.5 Å². The number of carbonyl (C=O) groups is 1. The van der Waals surface area contributed by atoms with E-state index in [-0.39, 0.29) is 47.3 Å². The van der Waals surface area contributed by atoms with Gasteiger partial charge in [0.05, 0.1) is 11.5 Å². The minimum absolute atomic E-state index is 0. The van der Waals surface area contributed by atoms with Crippen molar-refractivity contribution in [1.82, 2.24) is 10.2 Å². The third kappa shape index (κ3) is 4.81. The Balaban J connectivity index is 0.00000242. The number of hydrogen-bond acceptors (Lipinski definition) is 5. The second kappa shape index (κ2) is 8.28. The Kier molecular flexibility index (Phi) is 7.02. The van der Waals surface area contributed by atoms with Crippen molar-refractivity contribution in [1.29, 1.82) is 0 Å². The first-order valence-corrected chi connectivity index (χ1v) is 7.03. The number of nitrogens with zero attached hydrogens (tertiary/aromatic N) is 2. The molecular formula is C13H18Cl2N4O3. The van der Waals surface area contributed by atoms with Crippen LogP contribution in [0.1, 0.15) is 6.92 Å². The van der Waals surface area contributed by atoms with E-state index in [1.807, 2.05) is 11.8 Å². The van der Waals surface area contributed by atoms with Gasteiger partial charge in [-0.3, -0.25) is 19.8 Å². The third-order valence-corrected chi connectivity index (χ3v) is 3.65. The fourth-order valence-electron chi connectivity index (χ4n) is 2.25. The number of nitro benzene ring substituents is 1. The predicted octanol–water partition coefficient (Wildman–Crippen LogP) is 1.90. The molecule has 0 saturated carbocycles. The van der Waals surface area contributed by atoms with Crippen LogP contribution in [0.15, 0.2) is 18.2 Å². The van der Waals surface area contributed by atoms with Crippen molar-refractivity contribution in [2.75, 3.05) is 31.5 Å². The molecule has 2 N–H and O–H groups in total. The van der Waals surface area contributed by atoms with E-state index in [1.165, 1.54) is 18.2 Å². The molecule has 1 aliphatic heterocycles. The van der Waals surface area contributed by atoms with Crippen LogP contribution in [0.25, 0.3) is 0 Å². The summed E-state index contributed by atoms with van der Waals surface area (Å²) in [5.74, 6) is -0.269. The van der Waals surface area contributed by atoms with Gasteiger partial charge in [-0.05, 0) is 19.1 Å². The summed E-state index contributed by atoms with van der Waals surface area (Å²) in [6, 6.07) is 4.44. The maximum atomic E-state index is 12.1. The van der Waals surface area contributed by atoms with E-state index in [0.717, 1.165) is 19.6 Å². The molecule has 1 aromatic rings. The number of benzene rings is 1. The summed E-state index contributed by atoms with van der Waals surface area (Å²) in [5, 5.41) is 17.1. The van der Waals surface area contributed by atoms with Crippen molar-refractivity contribution in [3.05, 3.63) is 33.3 Å². The first-order chi connectivity index (χ1) is 9.97. The van der Waals surface area contributed by atoms with E-state index in [2.05, 4.69) is 10.6 Å². The zero-order chi connectivity index (χ0) is 15.4. The molecule has 0 aliphatic carbocycles. The van der Waals surface area contributed by atoms with Crippen LogP contribution in [0.5, 0.6) is 0 Å². The van der Waals surface area contributed by atoms with Gasteiger partial charge in [0.2, 0.25) is 5.91 Å². The van der Waals surface area contributed by atoms with Gasteiger partial charge in [0.15, 0.2) is 0 Å². The zero-order valence-electron chi connectivity index (χ0n) is 12.0. The van der Waals surface area contributed by atoms with Crippen LogP contribution >= 0.6 is 24.0 Å². The average molecular weight is 349 g/mol. The molecule has 0 spiro atoms. The van der Waals surface area contributed by atoms with E-state index in [0.29, 0.717) is 0 Å². The van der Waals surface area contributed by atoms with E-state index < -0.39 is 4.92 Å². The Labute approximate surface area is 139 Å². The van der Waals surface area contributed by atoms with Gasteiger partial charge in [-0.1, -0.05) is 11.6 Å². The van der Waals surface area contributed by atoms with Crippen molar-refractivity contribution in [2.45, 2.75) is 13.0 Å². The molecule has 1 saturated heterocycles. The number of rotatable bonds is 4. The van der Waals surface area contributed by atoms with Crippen molar-refractivity contribution >= 4 is 41.3 Å². The molecule has 1 amide bonds. The fourth-order valence-corrected chi connectivity index (χ4v) is 2.42. The average Bonchev–Trinajstić information content (AvgIpc) is 2.43. The molecule has 1 heterocycles. The first-order valence-electron chi connectivity index (χ1n) is 6.66. The zero-order valence-corrected chi connectivity index (χ0v) is 13.6. The smallest absolute Gasteiger partial charge is 0.294 e. The van der Waals surface area contributed by atoms with Crippen LogP contribution in [0.2, 0.25) is 5.02 Å². The number of amides is 1. The number of anilines is 1. The quantitative estimate of drug-likeness (QED) is 0.640. The number of nitro groups is 1. The molecule has 1 aliphatic rings. The molecule has 0 radical (unpaired) electrons. The van der Waals surface area contributed by atoms with Crippen LogP contribution in [-0.2, 0) is 4.79 Å². The van der Waals surface area contributed by atoms with E-state index in [4.69, 9.17) is 11.6 Å². The van der Waals surface area contributed by atoms with Gasteiger partial charge < -0.3 is 10.6 Å². The lowest BCUT2D eigenvalue weighted by molar-refractivity contribution is -0.383. The van der Waals surface area contributed by atoms with Gasteiger partial charge in [0.25, 0.3) is 5.69 Å². The monoisotopic (exact) mass is 348 g/mol. The second-order valence-electron chi connectivity index (χ2n) is 4.99. The fraction of sp³-hybridized carbons (Fsp3) is 0.462. The largest absolute Gasteiger partial charge is 0.319 e. The highest BCUT2D eigenvalue weighted by Crippen LogP contribution is 2.27. The van der Waals surface area contributed by atoms with Crippen molar-refractivity contribution in [2.24, 2.45) is 0 Å². The van der Waals surface area contributed by atoms with Gasteiger partial charge in [0.1, 0.15) is 5.69 Å². The minimum Gasteiger partial charge on any atom is -0.319 e. The van der Waals surface area contributed by atoms with Crippen LogP contribution < -0.4 is 10.6 Å². The molecule has 9 heteroatoms. The lowest BCUT2D eigenvalue weighted by Crippen LogP contribution is -2.52. The Morgan fingerprint density at radius 1 is 1.59 bits per heavy atom. The molecule has 0 bridgehead atoms. The summed E-state index contributed by atoms with van der Waals surface area (Å²) in [6.07, 6.45) is 0. The van der Waals surface area contributed by atoms with Gasteiger partial charge in [-0.2, -0.15) is 0 Å². The van der Waals surface area contributed by atoms with Crippen LogP contribution in [0.3, 0.4) is 0 Å². The Hall–Kier alpha value is -1.41. The summed E-state index contributed by atoms with van der Waals surface area (Å²) < 4.78 is 0. The van der Waals surface area contributed by atoms with E-state index >= 15 is 0 Å². The molecule has 0 unspecified atom stereocenters. The second-order valence-corrected chi connectivity index (χ2v) is 5.43. The number of nitrogens with one attached hydrogen (secondary N) is 2. The van der Waals surface area contributed by atoms with Gasteiger partial charge in [-0.25, -0.2) is 0 Å². The van der Waals surface area contributed by atoms with Crippen LogP contribution in [0, 0.1) is 10.1 Å². The van der Waals surface area contributed by atoms with Gasteiger partial charge in [0, 0.05) is 36.8 Å². The minimum atomic E-state index is -0.561. The molecule has 0 aromatic heterocycles. The predicted molar refractivity (Wildman–Crippen MR) is 87.9 cm³/mol.